The van der Waals surface area contributed by atoms with Crippen LogP contribution in [0.15, 0.2) is 37.1 Å². The van der Waals surface area contributed by atoms with E-state index < -0.39 is 0 Å². The number of amides is 2. The van der Waals surface area contributed by atoms with Crippen LogP contribution in [0.2, 0.25) is 5.02 Å². The summed E-state index contributed by atoms with van der Waals surface area (Å²) >= 11 is 6.16. The molecule has 7 nitrogen and oxygen atoms in total. The first-order valence-corrected chi connectivity index (χ1v) is 9.86. The topological polar surface area (TPSA) is 71.7 Å². The Balaban J connectivity index is 1.26. The summed E-state index contributed by atoms with van der Waals surface area (Å²) in [6.45, 7) is 8.35. The van der Waals surface area contributed by atoms with Crippen LogP contribution in [-0.2, 0) is 9.59 Å². The van der Waals surface area contributed by atoms with E-state index in [1.165, 1.54) is 6.08 Å². The Bertz CT molecular complexity index is 897. The zero-order valence-electron chi connectivity index (χ0n) is 15.7. The average molecular weight is 402 g/mol. The zero-order valence-corrected chi connectivity index (χ0v) is 16.4. The number of hydrogen-bond acceptors (Lipinski definition) is 4. The predicted molar refractivity (Wildman–Crippen MR) is 111 cm³/mol. The number of H-pyrrole nitrogens is 1. The summed E-state index contributed by atoms with van der Waals surface area (Å²) in [6.07, 6.45) is 3.22. The fourth-order valence-corrected chi connectivity index (χ4v) is 4.12. The number of nitrogens with zero attached hydrogens (tertiary/aromatic N) is 3. The van der Waals surface area contributed by atoms with Gasteiger partial charge in [0.1, 0.15) is 0 Å². The van der Waals surface area contributed by atoms with Crippen LogP contribution in [0.5, 0.6) is 0 Å². The molecular weight excluding hydrogens is 378 g/mol. The quantitative estimate of drug-likeness (QED) is 0.749. The number of nitrogens with one attached hydrogen (secondary N) is 2. The number of carbonyl (C=O) groups is 2. The minimum atomic E-state index is -0.00618. The Morgan fingerprint density at radius 1 is 1.21 bits per heavy atom. The predicted octanol–water partition coefficient (Wildman–Crippen LogP) is 1.77. The Morgan fingerprint density at radius 3 is 2.68 bits per heavy atom. The van der Waals surface area contributed by atoms with Crippen molar-refractivity contribution in [2.45, 2.75) is 6.04 Å². The van der Waals surface area contributed by atoms with Gasteiger partial charge in [-0.2, -0.15) is 0 Å². The van der Waals surface area contributed by atoms with Crippen LogP contribution < -0.4 is 5.32 Å². The fourth-order valence-electron chi connectivity index (χ4n) is 3.89. The molecule has 0 atom stereocenters. The number of halogens is 1. The molecule has 2 saturated heterocycles. The molecule has 1 aromatic carbocycles. The van der Waals surface area contributed by atoms with Crippen LogP contribution in [0.1, 0.15) is 0 Å². The van der Waals surface area contributed by atoms with Crippen molar-refractivity contribution in [2.75, 3.05) is 51.1 Å². The van der Waals surface area contributed by atoms with E-state index >= 15 is 0 Å². The summed E-state index contributed by atoms with van der Waals surface area (Å²) in [6, 6.07) is 6.08. The highest BCUT2D eigenvalue weighted by atomic mass is 35.5. The molecule has 2 aromatic rings. The lowest BCUT2D eigenvalue weighted by molar-refractivity contribution is -0.135. The van der Waals surface area contributed by atoms with Crippen LogP contribution in [0.3, 0.4) is 0 Å². The highest BCUT2D eigenvalue weighted by Gasteiger charge is 2.35. The van der Waals surface area contributed by atoms with Crippen molar-refractivity contribution in [3.8, 4) is 0 Å². The number of anilines is 1. The molecule has 0 spiro atoms. The van der Waals surface area contributed by atoms with Crippen molar-refractivity contribution in [1.82, 2.24) is 19.7 Å². The van der Waals surface area contributed by atoms with Crippen molar-refractivity contribution in [3.05, 3.63) is 42.1 Å². The van der Waals surface area contributed by atoms with Gasteiger partial charge in [-0.1, -0.05) is 18.2 Å². The largest absolute Gasteiger partial charge is 0.374 e. The number of piperazine rings is 1. The van der Waals surface area contributed by atoms with Crippen LogP contribution in [0, 0.1) is 0 Å². The molecule has 0 aliphatic carbocycles. The van der Waals surface area contributed by atoms with Crippen molar-refractivity contribution in [2.24, 2.45) is 0 Å². The second-order valence-electron chi connectivity index (χ2n) is 7.27. The van der Waals surface area contributed by atoms with Crippen LogP contribution in [0.4, 0.5) is 5.69 Å². The van der Waals surface area contributed by atoms with Gasteiger partial charge in [-0.05, 0) is 24.3 Å². The lowest BCUT2D eigenvalue weighted by Gasteiger charge is -2.47. The number of fused-ring (bicyclic) bond motifs is 1. The first-order valence-electron chi connectivity index (χ1n) is 9.49. The minimum absolute atomic E-state index is 0.00618. The Kier molecular flexibility index (Phi) is 5.28. The van der Waals surface area contributed by atoms with E-state index in [1.54, 1.807) is 4.90 Å². The summed E-state index contributed by atoms with van der Waals surface area (Å²) in [7, 11) is 0. The molecule has 8 heteroatoms. The molecule has 3 heterocycles. The summed E-state index contributed by atoms with van der Waals surface area (Å²) in [5, 5.41) is 4.87. The first kappa shape index (κ1) is 18.8. The van der Waals surface area contributed by atoms with Crippen LogP contribution in [-0.4, -0.2) is 83.4 Å². The first-order chi connectivity index (χ1) is 13.5. The van der Waals surface area contributed by atoms with E-state index in [2.05, 4.69) is 21.8 Å². The second-order valence-corrected chi connectivity index (χ2v) is 7.70. The maximum Gasteiger partial charge on any atom is 0.246 e. The molecule has 0 saturated carbocycles. The highest BCUT2D eigenvalue weighted by Crippen LogP contribution is 2.27. The van der Waals surface area contributed by atoms with Gasteiger partial charge in [-0.25, -0.2) is 0 Å². The summed E-state index contributed by atoms with van der Waals surface area (Å²) in [4.78, 5) is 33.4. The number of rotatable bonds is 5. The SMILES string of the molecule is C=CC(=O)N1CC(N2CCN(C(=O)CNc3cc(Cl)cc4cc[nH]c34)CC2)C1. The number of carbonyl (C=O) groups excluding carboxylic acids is 2. The molecule has 28 heavy (non-hydrogen) atoms. The number of hydrogen-bond donors (Lipinski definition) is 2. The fraction of sp³-hybridized carbons (Fsp3) is 0.400. The Labute approximate surface area is 168 Å². The molecule has 0 radical (unpaired) electrons. The zero-order chi connectivity index (χ0) is 19.7. The Hall–Kier alpha value is -2.51. The van der Waals surface area contributed by atoms with E-state index in [0.717, 1.165) is 42.8 Å². The third kappa shape index (κ3) is 3.72. The van der Waals surface area contributed by atoms with E-state index in [-0.39, 0.29) is 18.4 Å². The standard InChI is InChI=1S/C20H24ClN5O2/c1-2-18(27)26-12-16(13-26)24-5-7-25(8-6-24)19(28)11-23-17-10-15(21)9-14-3-4-22-20(14)17/h2-4,9-10,16,22-23H,1,5-8,11-13H2. The average Bonchev–Trinajstić information content (AvgIpc) is 3.13. The molecule has 4 rings (SSSR count). The van der Waals surface area contributed by atoms with Crippen molar-refractivity contribution < 1.29 is 9.59 Å². The molecule has 2 N–H and O–H groups in total. The molecule has 2 aliphatic rings. The number of aromatic nitrogens is 1. The van der Waals surface area contributed by atoms with Gasteiger partial charge in [-0.15, -0.1) is 0 Å². The molecule has 2 amide bonds. The maximum absolute atomic E-state index is 12.6. The molecule has 2 fully saturated rings. The van der Waals surface area contributed by atoms with Crippen LogP contribution in [0.25, 0.3) is 10.9 Å². The third-order valence-corrected chi connectivity index (χ3v) is 5.80. The Morgan fingerprint density at radius 2 is 1.96 bits per heavy atom. The van der Waals surface area contributed by atoms with Crippen molar-refractivity contribution in [1.29, 1.82) is 0 Å². The molecule has 0 unspecified atom stereocenters. The van der Waals surface area contributed by atoms with Crippen LogP contribution >= 0.6 is 11.6 Å². The van der Waals surface area contributed by atoms with E-state index in [1.807, 2.05) is 29.3 Å². The summed E-state index contributed by atoms with van der Waals surface area (Å²) in [5.41, 5.74) is 1.78. The third-order valence-electron chi connectivity index (χ3n) is 5.59. The van der Waals surface area contributed by atoms with Gasteiger partial charge in [0.15, 0.2) is 0 Å². The van der Waals surface area contributed by atoms with Gasteiger partial charge in [0.25, 0.3) is 0 Å². The molecular formula is C20H24ClN5O2. The summed E-state index contributed by atoms with van der Waals surface area (Å²) in [5.74, 6) is 0.0738. The van der Waals surface area contributed by atoms with Crippen molar-refractivity contribution in [3.63, 3.8) is 0 Å². The smallest absolute Gasteiger partial charge is 0.246 e. The monoisotopic (exact) mass is 401 g/mol. The van der Waals surface area contributed by atoms with E-state index in [4.69, 9.17) is 11.6 Å². The highest BCUT2D eigenvalue weighted by molar-refractivity contribution is 6.31. The number of likely N-dealkylation sites (tertiary alicyclic amines) is 1. The lowest BCUT2D eigenvalue weighted by Crippen LogP contribution is -2.64. The van der Waals surface area contributed by atoms with Gasteiger partial charge in [0.05, 0.1) is 17.7 Å². The maximum atomic E-state index is 12.6. The summed E-state index contributed by atoms with van der Waals surface area (Å²) < 4.78 is 0. The van der Waals surface area contributed by atoms with E-state index in [9.17, 15) is 9.59 Å². The second kappa shape index (κ2) is 7.85. The normalized spacial score (nSPS) is 18.2. The number of aromatic amines is 1. The molecule has 0 bridgehead atoms. The lowest BCUT2D eigenvalue weighted by atomic mass is 10.1. The minimum Gasteiger partial charge on any atom is -0.374 e. The van der Waals surface area contributed by atoms with Gasteiger partial charge in [-0.3, -0.25) is 14.5 Å². The van der Waals surface area contributed by atoms with E-state index in [0.29, 0.717) is 24.2 Å². The van der Waals surface area contributed by atoms with Crippen molar-refractivity contribution >= 4 is 40.0 Å². The van der Waals surface area contributed by atoms with Gasteiger partial charge < -0.3 is 20.1 Å². The van der Waals surface area contributed by atoms with Gasteiger partial charge >= 0.3 is 0 Å². The molecule has 148 valence electrons. The van der Waals surface area contributed by atoms with Gasteiger partial charge in [0.2, 0.25) is 11.8 Å². The number of benzene rings is 1. The van der Waals surface area contributed by atoms with Gasteiger partial charge in [0, 0.05) is 61.9 Å². The molecule has 1 aromatic heterocycles. The molecule has 2 aliphatic heterocycles.